The highest BCUT2D eigenvalue weighted by molar-refractivity contribution is 7.92. The minimum atomic E-state index is -3.70. The first kappa shape index (κ1) is 18.7. The zero-order valence-electron chi connectivity index (χ0n) is 16.6. The summed E-state index contributed by atoms with van der Waals surface area (Å²) < 4.78 is 34.1. The quantitative estimate of drug-likeness (QED) is 0.659. The predicted octanol–water partition coefficient (Wildman–Crippen LogP) is 4.31. The standard InChI is InChI=1S/C22H24N2O3S/c1-5-27-19-11-16(4)20(12-15(19)3)28(25,26)24-10-9-18-13-17-8-6-7-14(2)21(17)23-22(18)24/h6-8,11-13H,5,9-10H2,1-4H3. The van der Waals surface area contributed by atoms with Gasteiger partial charge >= 0.3 is 0 Å². The number of nitrogens with zero attached hydrogens (tertiary/aromatic N) is 2. The summed E-state index contributed by atoms with van der Waals surface area (Å²) in [5.74, 6) is 1.27. The molecule has 4 rings (SSSR count). The fourth-order valence-corrected chi connectivity index (χ4v) is 5.56. The van der Waals surface area contributed by atoms with Crippen LogP contribution in [0, 0.1) is 20.8 Å². The monoisotopic (exact) mass is 396 g/mol. The van der Waals surface area contributed by atoms with Gasteiger partial charge in [-0.25, -0.2) is 17.7 Å². The van der Waals surface area contributed by atoms with E-state index in [1.165, 1.54) is 4.31 Å². The molecule has 0 saturated heterocycles. The molecule has 0 N–H and O–H groups in total. The predicted molar refractivity (Wildman–Crippen MR) is 112 cm³/mol. The molecule has 1 aliphatic rings. The van der Waals surface area contributed by atoms with Gasteiger partial charge in [0.1, 0.15) is 11.6 Å². The minimum Gasteiger partial charge on any atom is -0.494 e. The second-order valence-corrected chi connectivity index (χ2v) is 9.09. The fraction of sp³-hybridized carbons (Fsp3) is 0.318. The van der Waals surface area contributed by atoms with Crippen LogP contribution in [0.4, 0.5) is 5.82 Å². The highest BCUT2D eigenvalue weighted by Crippen LogP contribution is 2.36. The van der Waals surface area contributed by atoms with Crippen molar-refractivity contribution in [1.29, 1.82) is 0 Å². The van der Waals surface area contributed by atoms with E-state index in [0.717, 1.165) is 33.3 Å². The number of benzene rings is 2. The molecule has 0 radical (unpaired) electrons. The topological polar surface area (TPSA) is 59.5 Å². The minimum absolute atomic E-state index is 0.313. The SMILES string of the molecule is CCOc1cc(C)c(S(=O)(=O)N2CCc3cc4cccc(C)c4nc32)cc1C. The van der Waals surface area contributed by atoms with Crippen LogP contribution in [0.3, 0.4) is 0 Å². The summed E-state index contributed by atoms with van der Waals surface area (Å²) in [6.45, 7) is 8.54. The van der Waals surface area contributed by atoms with Gasteiger partial charge in [-0.2, -0.15) is 0 Å². The molecule has 0 saturated carbocycles. The van der Waals surface area contributed by atoms with Gasteiger partial charge in [0.15, 0.2) is 0 Å². The first-order chi connectivity index (χ1) is 13.3. The molecule has 5 nitrogen and oxygen atoms in total. The van der Waals surface area contributed by atoms with Crippen molar-refractivity contribution in [2.75, 3.05) is 17.5 Å². The number of rotatable bonds is 4. The zero-order valence-corrected chi connectivity index (χ0v) is 17.4. The van der Waals surface area contributed by atoms with Gasteiger partial charge in [-0.05, 0) is 74.6 Å². The summed E-state index contributed by atoms with van der Waals surface area (Å²) in [6.07, 6.45) is 0.667. The molecule has 2 aromatic carbocycles. The van der Waals surface area contributed by atoms with E-state index in [1.54, 1.807) is 12.1 Å². The summed E-state index contributed by atoms with van der Waals surface area (Å²) >= 11 is 0. The molecule has 1 aromatic heterocycles. The van der Waals surface area contributed by atoms with Gasteiger partial charge in [0, 0.05) is 11.9 Å². The lowest BCUT2D eigenvalue weighted by Gasteiger charge is -2.21. The highest BCUT2D eigenvalue weighted by Gasteiger charge is 2.34. The first-order valence-electron chi connectivity index (χ1n) is 9.49. The molecule has 146 valence electrons. The van der Waals surface area contributed by atoms with Crippen molar-refractivity contribution >= 4 is 26.7 Å². The Balaban J connectivity index is 1.83. The Hall–Kier alpha value is -2.60. The molecule has 0 aliphatic carbocycles. The molecule has 0 atom stereocenters. The Labute approximate surface area is 166 Å². The molecular weight excluding hydrogens is 372 g/mol. The smallest absolute Gasteiger partial charge is 0.265 e. The first-order valence-corrected chi connectivity index (χ1v) is 10.9. The molecule has 3 aromatic rings. The average molecular weight is 397 g/mol. The van der Waals surface area contributed by atoms with E-state index in [9.17, 15) is 8.42 Å². The third-order valence-electron chi connectivity index (χ3n) is 5.26. The lowest BCUT2D eigenvalue weighted by atomic mass is 10.1. The molecule has 0 bridgehead atoms. The van der Waals surface area contributed by atoms with Crippen LogP contribution in [-0.4, -0.2) is 26.6 Å². The normalized spacial score (nSPS) is 13.8. The number of fused-ring (bicyclic) bond motifs is 2. The van der Waals surface area contributed by atoms with Crippen LogP contribution in [0.5, 0.6) is 5.75 Å². The van der Waals surface area contributed by atoms with Crippen molar-refractivity contribution < 1.29 is 13.2 Å². The lowest BCUT2D eigenvalue weighted by molar-refractivity contribution is 0.337. The van der Waals surface area contributed by atoms with Gasteiger partial charge in [-0.3, -0.25) is 0 Å². The van der Waals surface area contributed by atoms with Gasteiger partial charge in [-0.15, -0.1) is 0 Å². The molecule has 0 spiro atoms. The second-order valence-electron chi connectivity index (χ2n) is 7.26. The Morgan fingerprint density at radius 1 is 1.07 bits per heavy atom. The van der Waals surface area contributed by atoms with Gasteiger partial charge in [0.25, 0.3) is 10.0 Å². The summed E-state index contributed by atoms with van der Waals surface area (Å²) in [5.41, 5.74) is 4.36. The van der Waals surface area contributed by atoms with E-state index < -0.39 is 10.0 Å². The maximum absolute atomic E-state index is 13.5. The largest absolute Gasteiger partial charge is 0.494 e. The van der Waals surface area contributed by atoms with E-state index >= 15 is 0 Å². The van der Waals surface area contributed by atoms with Crippen LogP contribution in [0.1, 0.15) is 29.2 Å². The number of hydrogen-bond donors (Lipinski definition) is 0. The molecule has 0 amide bonds. The third kappa shape index (κ3) is 2.92. The van der Waals surface area contributed by atoms with E-state index in [1.807, 2.05) is 45.9 Å². The van der Waals surface area contributed by atoms with Crippen molar-refractivity contribution in [2.45, 2.75) is 39.0 Å². The van der Waals surface area contributed by atoms with Crippen LogP contribution in [0.25, 0.3) is 10.9 Å². The van der Waals surface area contributed by atoms with Crippen LogP contribution in [-0.2, 0) is 16.4 Å². The Kier molecular flexibility index (Phi) is 4.54. The average Bonchev–Trinajstić information content (AvgIpc) is 3.07. The van der Waals surface area contributed by atoms with E-state index in [4.69, 9.17) is 9.72 Å². The number of aromatic nitrogens is 1. The van der Waals surface area contributed by atoms with Gasteiger partial charge in [-0.1, -0.05) is 18.2 Å². The van der Waals surface area contributed by atoms with Gasteiger partial charge < -0.3 is 4.74 Å². The number of hydrogen-bond acceptors (Lipinski definition) is 4. The Morgan fingerprint density at radius 2 is 1.86 bits per heavy atom. The molecular formula is C22H24N2O3S. The molecule has 0 fully saturated rings. The Morgan fingerprint density at radius 3 is 2.61 bits per heavy atom. The number of sulfonamides is 1. The summed E-state index contributed by atoms with van der Waals surface area (Å²) in [7, 11) is -3.70. The highest BCUT2D eigenvalue weighted by atomic mass is 32.2. The molecule has 2 heterocycles. The second kappa shape index (κ2) is 6.78. The van der Waals surface area contributed by atoms with Crippen LogP contribution in [0.2, 0.25) is 0 Å². The number of pyridine rings is 1. The van der Waals surface area contributed by atoms with Gasteiger partial charge in [0.05, 0.1) is 17.0 Å². The van der Waals surface area contributed by atoms with E-state index in [-0.39, 0.29) is 0 Å². The Bertz CT molecular complexity index is 1190. The number of para-hydroxylation sites is 1. The van der Waals surface area contributed by atoms with Crippen LogP contribution < -0.4 is 9.04 Å². The number of aryl methyl sites for hydroxylation is 3. The maximum atomic E-state index is 13.5. The van der Waals surface area contributed by atoms with Crippen molar-refractivity contribution in [2.24, 2.45) is 0 Å². The zero-order chi connectivity index (χ0) is 20.1. The molecule has 28 heavy (non-hydrogen) atoms. The van der Waals surface area contributed by atoms with Crippen molar-refractivity contribution in [1.82, 2.24) is 4.98 Å². The van der Waals surface area contributed by atoms with Crippen LogP contribution >= 0.6 is 0 Å². The van der Waals surface area contributed by atoms with Crippen molar-refractivity contribution in [3.63, 3.8) is 0 Å². The lowest BCUT2D eigenvalue weighted by Crippen LogP contribution is -2.30. The van der Waals surface area contributed by atoms with E-state index in [2.05, 4.69) is 6.07 Å². The van der Waals surface area contributed by atoms with Crippen molar-refractivity contribution in [3.8, 4) is 5.75 Å². The molecule has 0 unspecified atom stereocenters. The number of ether oxygens (including phenoxy) is 1. The van der Waals surface area contributed by atoms with E-state index in [0.29, 0.717) is 35.8 Å². The van der Waals surface area contributed by atoms with Gasteiger partial charge in [0.2, 0.25) is 0 Å². The summed E-state index contributed by atoms with van der Waals surface area (Å²) in [5, 5.41) is 1.05. The summed E-state index contributed by atoms with van der Waals surface area (Å²) in [6, 6.07) is 11.6. The fourth-order valence-electron chi connectivity index (χ4n) is 3.81. The maximum Gasteiger partial charge on any atom is 0.265 e. The van der Waals surface area contributed by atoms with Crippen molar-refractivity contribution in [3.05, 3.63) is 58.7 Å². The number of anilines is 1. The summed E-state index contributed by atoms with van der Waals surface area (Å²) in [4.78, 5) is 5.06. The van der Waals surface area contributed by atoms with Crippen LogP contribution in [0.15, 0.2) is 41.3 Å². The molecule has 1 aliphatic heterocycles. The third-order valence-corrected chi connectivity index (χ3v) is 7.20. The molecule has 6 heteroatoms.